The van der Waals surface area contributed by atoms with Crippen molar-refractivity contribution in [2.75, 3.05) is 7.05 Å². The first kappa shape index (κ1) is 21.1. The minimum Gasteiger partial charge on any atom is -0.480 e. The second-order valence-corrected chi connectivity index (χ2v) is 5.89. The average molecular weight is 363 g/mol. The van der Waals surface area contributed by atoms with Gasteiger partial charge in [0.1, 0.15) is 12.1 Å². The molecular formula is C18H25N3O5. The molecule has 0 bridgehead atoms. The maximum atomic E-state index is 12.2. The first-order valence-electron chi connectivity index (χ1n) is 8.40. The van der Waals surface area contributed by atoms with E-state index in [2.05, 4.69) is 16.0 Å². The molecule has 142 valence electrons. The Bertz CT molecular complexity index is 633. The Kier molecular flexibility index (Phi) is 8.83. The smallest absolute Gasteiger partial charge is 0.325 e. The molecule has 0 aromatic heterocycles. The summed E-state index contributed by atoms with van der Waals surface area (Å²) >= 11 is 0. The fourth-order valence-corrected chi connectivity index (χ4v) is 2.21. The van der Waals surface area contributed by atoms with Gasteiger partial charge in [-0.25, -0.2) is 0 Å². The summed E-state index contributed by atoms with van der Waals surface area (Å²) in [5.41, 5.74) is 0.994. The van der Waals surface area contributed by atoms with Crippen LogP contribution in [0.4, 0.5) is 0 Å². The van der Waals surface area contributed by atoms with Gasteiger partial charge in [-0.3, -0.25) is 19.2 Å². The highest BCUT2D eigenvalue weighted by Crippen LogP contribution is 2.04. The van der Waals surface area contributed by atoms with Crippen molar-refractivity contribution in [3.8, 4) is 0 Å². The zero-order valence-electron chi connectivity index (χ0n) is 15.0. The Morgan fingerprint density at radius 1 is 1.00 bits per heavy atom. The van der Waals surface area contributed by atoms with Crippen LogP contribution >= 0.6 is 0 Å². The molecule has 2 unspecified atom stereocenters. The van der Waals surface area contributed by atoms with Crippen LogP contribution in [0.1, 0.15) is 31.7 Å². The predicted octanol–water partition coefficient (Wildman–Crippen LogP) is 0.220. The molecular weight excluding hydrogens is 338 g/mol. The summed E-state index contributed by atoms with van der Waals surface area (Å²) in [6.07, 6.45) is 0.814. The van der Waals surface area contributed by atoms with E-state index < -0.39 is 24.0 Å². The number of carboxylic acids is 1. The second-order valence-electron chi connectivity index (χ2n) is 5.89. The Morgan fingerprint density at radius 3 is 2.23 bits per heavy atom. The monoisotopic (exact) mass is 363 g/mol. The lowest BCUT2D eigenvalue weighted by Gasteiger charge is -2.20. The standard InChI is InChI=1S/C18H25N3O5/c1-12(18(25)26)20-17(24)14(9-11-15(22)19-2)21-16(23)10-8-13-6-4-3-5-7-13/h3-7,12,14H,8-11H2,1-2H3,(H,19,22)(H,20,24)(H,21,23)(H,25,26). The molecule has 0 saturated carbocycles. The summed E-state index contributed by atoms with van der Waals surface area (Å²) in [5, 5.41) is 16.2. The first-order chi connectivity index (χ1) is 12.3. The fraction of sp³-hybridized carbons (Fsp3) is 0.444. The number of carbonyl (C=O) groups excluding carboxylic acids is 3. The molecule has 2 atom stereocenters. The van der Waals surface area contributed by atoms with E-state index in [1.807, 2.05) is 30.3 Å². The molecule has 0 fully saturated rings. The van der Waals surface area contributed by atoms with Crippen molar-refractivity contribution in [1.29, 1.82) is 0 Å². The Balaban J connectivity index is 2.64. The average Bonchev–Trinajstić information content (AvgIpc) is 2.63. The first-order valence-corrected chi connectivity index (χ1v) is 8.40. The van der Waals surface area contributed by atoms with Crippen LogP contribution in [0, 0.1) is 0 Å². The van der Waals surface area contributed by atoms with Crippen LogP contribution in [0.25, 0.3) is 0 Å². The van der Waals surface area contributed by atoms with Gasteiger partial charge in [-0.05, 0) is 25.3 Å². The van der Waals surface area contributed by atoms with Gasteiger partial charge in [-0.15, -0.1) is 0 Å². The van der Waals surface area contributed by atoms with Gasteiger partial charge in [-0.2, -0.15) is 0 Å². The Labute approximate surface area is 152 Å². The number of carboxylic acid groups (broad SMARTS) is 1. The number of benzene rings is 1. The lowest BCUT2D eigenvalue weighted by Crippen LogP contribution is -2.51. The lowest BCUT2D eigenvalue weighted by molar-refractivity contribution is -0.141. The fourth-order valence-electron chi connectivity index (χ4n) is 2.21. The molecule has 0 aliphatic heterocycles. The van der Waals surface area contributed by atoms with Crippen LogP contribution in [0.5, 0.6) is 0 Å². The molecule has 8 heteroatoms. The van der Waals surface area contributed by atoms with Crippen molar-refractivity contribution in [3.63, 3.8) is 0 Å². The van der Waals surface area contributed by atoms with Crippen molar-refractivity contribution in [3.05, 3.63) is 35.9 Å². The zero-order chi connectivity index (χ0) is 19.5. The van der Waals surface area contributed by atoms with E-state index in [-0.39, 0.29) is 31.1 Å². The molecule has 0 aliphatic rings. The highest BCUT2D eigenvalue weighted by Gasteiger charge is 2.24. The van der Waals surface area contributed by atoms with E-state index in [9.17, 15) is 19.2 Å². The van der Waals surface area contributed by atoms with E-state index in [4.69, 9.17) is 5.11 Å². The van der Waals surface area contributed by atoms with Gasteiger partial charge in [0.05, 0.1) is 0 Å². The van der Waals surface area contributed by atoms with Crippen LogP contribution in [-0.4, -0.2) is 47.9 Å². The largest absolute Gasteiger partial charge is 0.480 e. The van der Waals surface area contributed by atoms with E-state index >= 15 is 0 Å². The maximum Gasteiger partial charge on any atom is 0.325 e. The van der Waals surface area contributed by atoms with E-state index in [1.54, 1.807) is 0 Å². The minimum absolute atomic E-state index is 0.0367. The molecule has 1 aromatic rings. The van der Waals surface area contributed by atoms with Crippen LogP contribution < -0.4 is 16.0 Å². The summed E-state index contributed by atoms with van der Waals surface area (Å²) in [4.78, 5) is 46.7. The van der Waals surface area contributed by atoms with Gasteiger partial charge < -0.3 is 21.1 Å². The summed E-state index contributed by atoms with van der Waals surface area (Å²) in [5.74, 6) is -2.42. The second kappa shape index (κ2) is 10.9. The molecule has 1 rings (SSSR count). The third-order valence-electron chi connectivity index (χ3n) is 3.80. The lowest BCUT2D eigenvalue weighted by atomic mass is 10.1. The summed E-state index contributed by atoms with van der Waals surface area (Å²) in [6.45, 7) is 1.33. The highest BCUT2D eigenvalue weighted by molar-refractivity contribution is 5.90. The van der Waals surface area contributed by atoms with Crippen LogP contribution in [0.2, 0.25) is 0 Å². The van der Waals surface area contributed by atoms with Crippen molar-refractivity contribution in [1.82, 2.24) is 16.0 Å². The van der Waals surface area contributed by atoms with Gasteiger partial charge in [0.15, 0.2) is 0 Å². The molecule has 26 heavy (non-hydrogen) atoms. The number of carbonyl (C=O) groups is 4. The normalized spacial score (nSPS) is 12.5. The van der Waals surface area contributed by atoms with E-state index in [0.717, 1.165) is 5.56 Å². The number of aryl methyl sites for hydroxylation is 1. The van der Waals surface area contributed by atoms with Crippen LogP contribution in [-0.2, 0) is 25.6 Å². The van der Waals surface area contributed by atoms with Crippen molar-refractivity contribution in [2.45, 2.75) is 44.7 Å². The SMILES string of the molecule is CNC(=O)CCC(NC(=O)CCc1ccccc1)C(=O)NC(C)C(=O)O. The number of aliphatic carboxylic acids is 1. The molecule has 0 saturated heterocycles. The number of amides is 3. The van der Waals surface area contributed by atoms with Gasteiger partial charge in [0.2, 0.25) is 17.7 Å². The quantitative estimate of drug-likeness (QED) is 0.473. The van der Waals surface area contributed by atoms with E-state index in [0.29, 0.717) is 6.42 Å². The molecule has 0 aliphatic carbocycles. The predicted molar refractivity (Wildman–Crippen MR) is 95.2 cm³/mol. The van der Waals surface area contributed by atoms with Crippen molar-refractivity contribution < 1.29 is 24.3 Å². The summed E-state index contributed by atoms with van der Waals surface area (Å²) < 4.78 is 0. The number of hydrogen-bond donors (Lipinski definition) is 4. The van der Waals surface area contributed by atoms with Crippen molar-refractivity contribution in [2.24, 2.45) is 0 Å². The maximum absolute atomic E-state index is 12.2. The topological polar surface area (TPSA) is 125 Å². The Hall–Kier alpha value is -2.90. The summed E-state index contributed by atoms with van der Waals surface area (Å²) in [6, 6.07) is 7.37. The highest BCUT2D eigenvalue weighted by atomic mass is 16.4. The molecule has 0 heterocycles. The number of nitrogens with one attached hydrogen (secondary N) is 3. The molecule has 0 spiro atoms. The number of hydrogen-bond acceptors (Lipinski definition) is 4. The summed E-state index contributed by atoms with van der Waals surface area (Å²) in [7, 11) is 1.47. The van der Waals surface area contributed by atoms with Gasteiger partial charge in [0.25, 0.3) is 0 Å². The van der Waals surface area contributed by atoms with Crippen LogP contribution in [0.15, 0.2) is 30.3 Å². The molecule has 4 N–H and O–H groups in total. The van der Waals surface area contributed by atoms with Gasteiger partial charge in [0, 0.05) is 19.9 Å². The van der Waals surface area contributed by atoms with Crippen LogP contribution in [0.3, 0.4) is 0 Å². The van der Waals surface area contributed by atoms with Crippen molar-refractivity contribution >= 4 is 23.7 Å². The van der Waals surface area contributed by atoms with Gasteiger partial charge in [-0.1, -0.05) is 30.3 Å². The molecule has 1 aromatic carbocycles. The molecule has 8 nitrogen and oxygen atoms in total. The third-order valence-corrected chi connectivity index (χ3v) is 3.80. The Morgan fingerprint density at radius 2 is 1.65 bits per heavy atom. The van der Waals surface area contributed by atoms with E-state index in [1.165, 1.54) is 14.0 Å². The number of rotatable bonds is 10. The molecule has 3 amide bonds. The third kappa shape index (κ3) is 7.78. The van der Waals surface area contributed by atoms with Gasteiger partial charge >= 0.3 is 5.97 Å². The minimum atomic E-state index is -1.18. The molecule has 0 radical (unpaired) electrons. The zero-order valence-corrected chi connectivity index (χ0v) is 15.0.